The van der Waals surface area contributed by atoms with E-state index in [1.807, 2.05) is 14.0 Å². The number of carbonyl (C=O) groups excluding carboxylic acids is 1. The largest absolute Gasteiger partial charge is 0.450 e. The van der Waals surface area contributed by atoms with E-state index in [0.29, 0.717) is 25.7 Å². The first-order valence-electron chi connectivity index (χ1n) is 8.23. The minimum absolute atomic E-state index is 0. The van der Waals surface area contributed by atoms with Gasteiger partial charge in [0.2, 0.25) is 0 Å². The number of carbonyl (C=O) groups is 1. The van der Waals surface area contributed by atoms with Gasteiger partial charge >= 0.3 is 6.09 Å². The molecular weight excluding hydrogens is 409 g/mol. The van der Waals surface area contributed by atoms with Gasteiger partial charge in [0, 0.05) is 45.8 Å². The van der Waals surface area contributed by atoms with Crippen molar-refractivity contribution < 1.29 is 9.53 Å². The van der Waals surface area contributed by atoms with Crippen LogP contribution in [0.3, 0.4) is 0 Å². The molecule has 0 aromatic heterocycles. The first-order valence-corrected chi connectivity index (χ1v) is 8.23. The number of ether oxygens (including phenoxy) is 1. The van der Waals surface area contributed by atoms with Gasteiger partial charge in [-0.25, -0.2) is 4.79 Å². The maximum absolute atomic E-state index is 11.7. The van der Waals surface area contributed by atoms with Gasteiger partial charge in [0.15, 0.2) is 5.96 Å². The van der Waals surface area contributed by atoms with E-state index in [-0.39, 0.29) is 30.1 Å². The summed E-state index contributed by atoms with van der Waals surface area (Å²) in [5, 5.41) is 3.48. The lowest BCUT2D eigenvalue weighted by atomic mass is 10.2. The van der Waals surface area contributed by atoms with Crippen molar-refractivity contribution in [3.05, 3.63) is 0 Å². The third-order valence-electron chi connectivity index (χ3n) is 4.48. The molecule has 2 fully saturated rings. The highest BCUT2D eigenvalue weighted by molar-refractivity contribution is 14.0. The van der Waals surface area contributed by atoms with Crippen molar-refractivity contribution in [2.45, 2.75) is 25.8 Å². The van der Waals surface area contributed by atoms with E-state index >= 15 is 0 Å². The molecule has 2 saturated heterocycles. The predicted octanol–water partition coefficient (Wildman–Crippen LogP) is 1.05. The van der Waals surface area contributed by atoms with Crippen LogP contribution >= 0.6 is 24.0 Å². The van der Waals surface area contributed by atoms with Crippen molar-refractivity contribution in [3.63, 3.8) is 0 Å². The summed E-state index contributed by atoms with van der Waals surface area (Å²) >= 11 is 0. The van der Waals surface area contributed by atoms with E-state index in [1.165, 1.54) is 19.4 Å². The number of hydrogen-bond acceptors (Lipinski definition) is 4. The first-order chi connectivity index (χ1) is 10.7. The van der Waals surface area contributed by atoms with Gasteiger partial charge in [0.1, 0.15) is 0 Å². The van der Waals surface area contributed by atoms with Crippen LogP contribution in [0.25, 0.3) is 0 Å². The van der Waals surface area contributed by atoms with E-state index in [2.05, 4.69) is 27.2 Å². The van der Waals surface area contributed by atoms with Gasteiger partial charge in [0.25, 0.3) is 0 Å². The Morgan fingerprint density at radius 2 is 1.87 bits per heavy atom. The summed E-state index contributed by atoms with van der Waals surface area (Å²) in [6.07, 6.45) is 2.31. The molecular formula is C15H30IN5O2. The molecule has 7 nitrogen and oxygen atoms in total. The summed E-state index contributed by atoms with van der Waals surface area (Å²) in [6.45, 7) is 7.32. The Balaban J connectivity index is 0.00000264. The monoisotopic (exact) mass is 439 g/mol. The van der Waals surface area contributed by atoms with Crippen LogP contribution in [0.15, 0.2) is 4.99 Å². The molecule has 0 aromatic rings. The fourth-order valence-corrected chi connectivity index (χ4v) is 3.09. The third kappa shape index (κ3) is 5.66. The molecule has 134 valence electrons. The van der Waals surface area contributed by atoms with Crippen LogP contribution in [0.4, 0.5) is 4.79 Å². The summed E-state index contributed by atoms with van der Waals surface area (Å²) in [6, 6.07) is 0.595. The average molecular weight is 439 g/mol. The van der Waals surface area contributed by atoms with Crippen LogP contribution in [0.5, 0.6) is 0 Å². The quantitative estimate of drug-likeness (QED) is 0.405. The molecule has 1 N–H and O–H groups in total. The van der Waals surface area contributed by atoms with Crippen LogP contribution in [0.1, 0.15) is 19.8 Å². The lowest BCUT2D eigenvalue weighted by Gasteiger charge is -2.36. The van der Waals surface area contributed by atoms with E-state index in [9.17, 15) is 4.79 Å². The van der Waals surface area contributed by atoms with Crippen molar-refractivity contribution in [2.75, 3.05) is 60.0 Å². The topological polar surface area (TPSA) is 60.4 Å². The summed E-state index contributed by atoms with van der Waals surface area (Å²) in [5.41, 5.74) is 0. The molecule has 1 unspecified atom stereocenters. The molecule has 0 bridgehead atoms. The van der Waals surface area contributed by atoms with Gasteiger partial charge in [0.05, 0.1) is 6.61 Å². The van der Waals surface area contributed by atoms with Gasteiger partial charge in [-0.1, -0.05) is 0 Å². The molecule has 0 spiro atoms. The maximum Gasteiger partial charge on any atom is 0.409 e. The predicted molar refractivity (Wildman–Crippen MR) is 103 cm³/mol. The zero-order valence-corrected chi connectivity index (χ0v) is 16.8. The SMILES string of the molecule is CCOC(=O)N1CCN(C(=NC)NCC2CCCN2C)CC1.I. The van der Waals surface area contributed by atoms with Crippen LogP contribution < -0.4 is 5.32 Å². The smallest absolute Gasteiger partial charge is 0.409 e. The highest BCUT2D eigenvalue weighted by Crippen LogP contribution is 2.13. The molecule has 2 rings (SSSR count). The first kappa shape index (κ1) is 20.3. The highest BCUT2D eigenvalue weighted by atomic mass is 127. The molecule has 2 aliphatic heterocycles. The number of nitrogens with zero attached hydrogens (tertiary/aromatic N) is 4. The Morgan fingerprint density at radius 1 is 1.22 bits per heavy atom. The van der Waals surface area contributed by atoms with E-state index in [1.54, 1.807) is 4.90 Å². The molecule has 2 aliphatic rings. The highest BCUT2D eigenvalue weighted by Gasteiger charge is 2.25. The second-order valence-electron chi connectivity index (χ2n) is 5.88. The zero-order chi connectivity index (χ0) is 15.9. The minimum Gasteiger partial charge on any atom is -0.450 e. The number of halogens is 1. The summed E-state index contributed by atoms with van der Waals surface area (Å²) in [5.74, 6) is 0.934. The normalized spacial score (nSPS) is 22.7. The molecule has 23 heavy (non-hydrogen) atoms. The molecule has 1 amide bonds. The van der Waals surface area contributed by atoms with Crippen molar-refractivity contribution in [1.29, 1.82) is 0 Å². The Bertz CT molecular complexity index is 399. The molecule has 1 atom stereocenters. The fourth-order valence-electron chi connectivity index (χ4n) is 3.09. The average Bonchev–Trinajstić information content (AvgIpc) is 2.94. The van der Waals surface area contributed by atoms with Crippen LogP contribution in [0.2, 0.25) is 0 Å². The number of guanidine groups is 1. The standard InChI is InChI=1S/C15H29N5O2.HI/c1-4-22-15(21)20-10-8-19(9-11-20)14(16-2)17-12-13-6-5-7-18(13)3;/h13H,4-12H2,1-3H3,(H,16,17);1H. The van der Waals surface area contributed by atoms with Crippen molar-refractivity contribution in [1.82, 2.24) is 20.0 Å². The zero-order valence-electron chi connectivity index (χ0n) is 14.5. The second-order valence-corrected chi connectivity index (χ2v) is 5.88. The molecule has 0 saturated carbocycles. The van der Waals surface area contributed by atoms with Crippen LogP contribution in [0, 0.1) is 0 Å². The number of likely N-dealkylation sites (N-methyl/N-ethyl adjacent to an activating group) is 1. The van der Waals surface area contributed by atoms with Crippen molar-refractivity contribution in [2.24, 2.45) is 4.99 Å². The molecule has 0 aromatic carbocycles. The van der Waals surface area contributed by atoms with Crippen LogP contribution in [-0.2, 0) is 4.74 Å². The summed E-state index contributed by atoms with van der Waals surface area (Å²) in [7, 11) is 4.00. The Labute approximate surface area is 156 Å². The fraction of sp³-hybridized carbons (Fsp3) is 0.867. The number of aliphatic imine (C=N–C) groups is 1. The van der Waals surface area contributed by atoms with Gasteiger partial charge in [-0.05, 0) is 33.4 Å². The van der Waals surface area contributed by atoms with Gasteiger partial charge in [-0.15, -0.1) is 24.0 Å². The Hall–Kier alpha value is -0.770. The number of nitrogens with one attached hydrogen (secondary N) is 1. The maximum atomic E-state index is 11.7. The molecule has 8 heteroatoms. The third-order valence-corrected chi connectivity index (χ3v) is 4.48. The molecule has 2 heterocycles. The summed E-state index contributed by atoms with van der Waals surface area (Å²) in [4.78, 5) is 22.5. The van der Waals surface area contributed by atoms with E-state index in [4.69, 9.17) is 4.74 Å². The van der Waals surface area contributed by atoms with Crippen molar-refractivity contribution in [3.8, 4) is 0 Å². The number of rotatable bonds is 3. The van der Waals surface area contributed by atoms with Crippen molar-refractivity contribution >= 4 is 36.0 Å². The number of amides is 1. The number of hydrogen-bond donors (Lipinski definition) is 1. The second kappa shape index (κ2) is 10.2. The van der Waals surface area contributed by atoms with E-state index < -0.39 is 0 Å². The molecule has 0 radical (unpaired) electrons. The van der Waals surface area contributed by atoms with Gasteiger partial charge in [-0.3, -0.25) is 4.99 Å². The lowest BCUT2D eigenvalue weighted by Crippen LogP contribution is -2.55. The Kier molecular flexibility index (Phi) is 8.96. The molecule has 0 aliphatic carbocycles. The number of piperazine rings is 1. The van der Waals surface area contributed by atoms with Gasteiger partial charge < -0.3 is 24.8 Å². The summed E-state index contributed by atoms with van der Waals surface area (Å²) < 4.78 is 5.05. The van der Waals surface area contributed by atoms with Gasteiger partial charge in [-0.2, -0.15) is 0 Å². The lowest BCUT2D eigenvalue weighted by molar-refractivity contribution is 0.0914. The number of likely N-dealkylation sites (tertiary alicyclic amines) is 1. The van der Waals surface area contributed by atoms with E-state index in [0.717, 1.165) is 25.6 Å². The van der Waals surface area contributed by atoms with Crippen LogP contribution in [-0.4, -0.2) is 92.8 Å². The Morgan fingerprint density at radius 3 is 2.39 bits per heavy atom. The minimum atomic E-state index is -0.210.